The van der Waals surface area contributed by atoms with Crippen LogP contribution >= 0.6 is 0 Å². The molecular formula is C17H17NO4. The van der Waals surface area contributed by atoms with E-state index in [1.54, 1.807) is 18.2 Å². The molecule has 114 valence electrons. The van der Waals surface area contributed by atoms with Crippen molar-refractivity contribution in [2.45, 2.75) is 13.5 Å². The highest BCUT2D eigenvalue weighted by molar-refractivity contribution is 5.94. The van der Waals surface area contributed by atoms with Crippen LogP contribution in [0.25, 0.3) is 0 Å². The molecule has 1 heterocycles. The molecular weight excluding hydrogens is 282 g/mol. The van der Waals surface area contributed by atoms with Gasteiger partial charge in [-0.2, -0.15) is 0 Å². The Balaban J connectivity index is 1.60. The third-order valence-electron chi connectivity index (χ3n) is 3.32. The fourth-order valence-electron chi connectivity index (χ4n) is 2.19. The third-order valence-corrected chi connectivity index (χ3v) is 3.32. The number of rotatable bonds is 5. The lowest BCUT2D eigenvalue weighted by Crippen LogP contribution is -2.22. The first-order valence-corrected chi connectivity index (χ1v) is 7.16. The van der Waals surface area contributed by atoms with Gasteiger partial charge in [-0.25, -0.2) is 0 Å². The number of nitrogens with one attached hydrogen (secondary N) is 1. The van der Waals surface area contributed by atoms with Gasteiger partial charge in [0.2, 0.25) is 6.79 Å². The molecule has 0 aromatic heterocycles. The van der Waals surface area contributed by atoms with Crippen LogP contribution in [0.5, 0.6) is 17.2 Å². The summed E-state index contributed by atoms with van der Waals surface area (Å²) in [7, 11) is 0. The number of hydrogen-bond donors (Lipinski definition) is 1. The maximum atomic E-state index is 12.2. The highest BCUT2D eigenvalue weighted by Crippen LogP contribution is 2.32. The molecule has 1 aliphatic heterocycles. The van der Waals surface area contributed by atoms with E-state index in [-0.39, 0.29) is 12.7 Å². The Morgan fingerprint density at radius 3 is 2.68 bits per heavy atom. The van der Waals surface area contributed by atoms with Crippen molar-refractivity contribution in [2.24, 2.45) is 0 Å². The van der Waals surface area contributed by atoms with Crippen LogP contribution < -0.4 is 19.5 Å². The molecule has 0 saturated carbocycles. The topological polar surface area (TPSA) is 56.8 Å². The standard InChI is InChI=1S/C17H17NO4/c1-2-20-14-6-3-12(4-7-14)10-18-17(19)13-5-8-15-16(9-13)22-11-21-15/h3-9H,2,10-11H2,1H3,(H,18,19). The molecule has 5 nitrogen and oxygen atoms in total. The summed E-state index contributed by atoms with van der Waals surface area (Å²) in [6.07, 6.45) is 0. The quantitative estimate of drug-likeness (QED) is 0.922. The van der Waals surface area contributed by atoms with Crippen molar-refractivity contribution in [3.63, 3.8) is 0 Å². The summed E-state index contributed by atoms with van der Waals surface area (Å²) in [4.78, 5) is 12.2. The molecule has 2 aromatic rings. The van der Waals surface area contributed by atoms with Gasteiger partial charge in [0.05, 0.1) is 6.61 Å². The van der Waals surface area contributed by atoms with Gasteiger partial charge in [0.15, 0.2) is 11.5 Å². The summed E-state index contributed by atoms with van der Waals surface area (Å²) in [6, 6.07) is 12.8. The molecule has 1 aliphatic rings. The SMILES string of the molecule is CCOc1ccc(CNC(=O)c2ccc3c(c2)OCO3)cc1. The Labute approximate surface area is 128 Å². The largest absolute Gasteiger partial charge is 0.494 e. The van der Waals surface area contributed by atoms with Gasteiger partial charge in [0, 0.05) is 12.1 Å². The van der Waals surface area contributed by atoms with E-state index in [4.69, 9.17) is 14.2 Å². The van der Waals surface area contributed by atoms with E-state index < -0.39 is 0 Å². The van der Waals surface area contributed by atoms with Gasteiger partial charge in [-0.15, -0.1) is 0 Å². The fourth-order valence-corrected chi connectivity index (χ4v) is 2.19. The first kappa shape index (κ1) is 14.3. The van der Waals surface area contributed by atoms with Crippen LogP contribution in [0.3, 0.4) is 0 Å². The van der Waals surface area contributed by atoms with Crippen molar-refractivity contribution < 1.29 is 19.0 Å². The van der Waals surface area contributed by atoms with E-state index in [2.05, 4.69) is 5.32 Å². The Bertz CT molecular complexity index is 667. The van der Waals surface area contributed by atoms with Gasteiger partial charge in [-0.3, -0.25) is 4.79 Å². The van der Waals surface area contributed by atoms with Crippen molar-refractivity contribution in [1.82, 2.24) is 5.32 Å². The molecule has 0 bridgehead atoms. The minimum atomic E-state index is -0.146. The summed E-state index contributed by atoms with van der Waals surface area (Å²) in [5.74, 6) is 1.96. The molecule has 0 aliphatic carbocycles. The lowest BCUT2D eigenvalue weighted by molar-refractivity contribution is 0.0950. The smallest absolute Gasteiger partial charge is 0.251 e. The average Bonchev–Trinajstić information content (AvgIpc) is 3.01. The second-order valence-electron chi connectivity index (χ2n) is 4.83. The van der Waals surface area contributed by atoms with Crippen molar-refractivity contribution in [1.29, 1.82) is 0 Å². The number of fused-ring (bicyclic) bond motifs is 1. The molecule has 0 atom stereocenters. The van der Waals surface area contributed by atoms with E-state index >= 15 is 0 Å². The monoisotopic (exact) mass is 299 g/mol. The zero-order valence-corrected chi connectivity index (χ0v) is 12.3. The van der Waals surface area contributed by atoms with Gasteiger partial charge < -0.3 is 19.5 Å². The highest BCUT2D eigenvalue weighted by Gasteiger charge is 2.15. The third kappa shape index (κ3) is 3.14. The minimum absolute atomic E-state index is 0.146. The molecule has 1 amide bonds. The summed E-state index contributed by atoms with van der Waals surface area (Å²) < 4.78 is 15.9. The molecule has 0 unspecified atom stereocenters. The minimum Gasteiger partial charge on any atom is -0.494 e. The van der Waals surface area contributed by atoms with Crippen molar-refractivity contribution >= 4 is 5.91 Å². The van der Waals surface area contributed by atoms with Crippen molar-refractivity contribution in [2.75, 3.05) is 13.4 Å². The first-order chi connectivity index (χ1) is 10.8. The van der Waals surface area contributed by atoms with Crippen molar-refractivity contribution in [3.8, 4) is 17.2 Å². The van der Waals surface area contributed by atoms with E-state index in [1.165, 1.54) is 0 Å². The molecule has 0 radical (unpaired) electrons. The average molecular weight is 299 g/mol. The van der Waals surface area contributed by atoms with Gasteiger partial charge in [-0.1, -0.05) is 12.1 Å². The Hall–Kier alpha value is -2.69. The van der Waals surface area contributed by atoms with E-state index in [0.717, 1.165) is 11.3 Å². The van der Waals surface area contributed by atoms with Crippen molar-refractivity contribution in [3.05, 3.63) is 53.6 Å². The molecule has 0 fully saturated rings. The number of hydrogen-bond acceptors (Lipinski definition) is 4. The predicted molar refractivity (Wildman–Crippen MR) is 81.3 cm³/mol. The molecule has 1 N–H and O–H groups in total. The van der Waals surface area contributed by atoms with Gasteiger partial charge in [0.1, 0.15) is 5.75 Å². The molecule has 0 spiro atoms. The summed E-state index contributed by atoms with van der Waals surface area (Å²) in [5.41, 5.74) is 1.56. The van der Waals surface area contributed by atoms with Crippen LogP contribution in [-0.2, 0) is 6.54 Å². The number of carbonyl (C=O) groups is 1. The second-order valence-corrected chi connectivity index (χ2v) is 4.83. The maximum Gasteiger partial charge on any atom is 0.251 e. The Kier molecular flexibility index (Phi) is 4.14. The van der Waals surface area contributed by atoms with Crippen LogP contribution in [0.4, 0.5) is 0 Å². The van der Waals surface area contributed by atoms with Gasteiger partial charge >= 0.3 is 0 Å². The Morgan fingerprint density at radius 1 is 1.14 bits per heavy atom. The maximum absolute atomic E-state index is 12.2. The van der Waals surface area contributed by atoms with E-state index in [9.17, 15) is 4.79 Å². The lowest BCUT2D eigenvalue weighted by atomic mass is 10.1. The lowest BCUT2D eigenvalue weighted by Gasteiger charge is -2.07. The number of amides is 1. The van der Waals surface area contributed by atoms with Crippen LogP contribution in [0.15, 0.2) is 42.5 Å². The zero-order chi connectivity index (χ0) is 15.4. The van der Waals surface area contributed by atoms with E-state index in [0.29, 0.717) is 30.2 Å². The normalized spacial score (nSPS) is 12.0. The molecule has 22 heavy (non-hydrogen) atoms. The molecule has 2 aromatic carbocycles. The van der Waals surface area contributed by atoms with Crippen LogP contribution in [0.1, 0.15) is 22.8 Å². The fraction of sp³-hybridized carbons (Fsp3) is 0.235. The van der Waals surface area contributed by atoms with Crippen LogP contribution in [-0.4, -0.2) is 19.3 Å². The summed E-state index contributed by atoms with van der Waals surface area (Å²) >= 11 is 0. The number of carbonyl (C=O) groups excluding carboxylic acids is 1. The highest BCUT2D eigenvalue weighted by atomic mass is 16.7. The summed E-state index contributed by atoms with van der Waals surface area (Å²) in [6.45, 7) is 3.24. The number of ether oxygens (including phenoxy) is 3. The van der Waals surface area contributed by atoms with Crippen LogP contribution in [0.2, 0.25) is 0 Å². The van der Waals surface area contributed by atoms with Crippen LogP contribution in [0, 0.1) is 0 Å². The van der Waals surface area contributed by atoms with E-state index in [1.807, 2.05) is 31.2 Å². The molecule has 3 rings (SSSR count). The molecule has 0 saturated heterocycles. The zero-order valence-electron chi connectivity index (χ0n) is 12.3. The van der Waals surface area contributed by atoms with Gasteiger partial charge in [0.25, 0.3) is 5.91 Å². The van der Waals surface area contributed by atoms with Gasteiger partial charge in [-0.05, 0) is 42.8 Å². The number of benzene rings is 2. The first-order valence-electron chi connectivity index (χ1n) is 7.16. The second kappa shape index (κ2) is 6.39. The summed E-state index contributed by atoms with van der Waals surface area (Å²) in [5, 5.41) is 2.88. The Morgan fingerprint density at radius 2 is 1.91 bits per heavy atom. The predicted octanol–water partition coefficient (Wildman–Crippen LogP) is 2.74. The molecule has 5 heteroatoms.